The molecule has 1 heterocycles. The number of aryl methyl sites for hydroxylation is 1. The van der Waals surface area contributed by atoms with E-state index in [0.29, 0.717) is 5.52 Å². The number of nitrogens with zero attached hydrogens (tertiary/aromatic N) is 4. The summed E-state index contributed by atoms with van der Waals surface area (Å²) in [6, 6.07) is 14.6. The van der Waals surface area contributed by atoms with E-state index in [1.807, 2.05) is 37.3 Å². The summed E-state index contributed by atoms with van der Waals surface area (Å²) < 4.78 is 28.4. The fraction of sp³-hybridized carbons (Fsp3) is 0.391. The van der Waals surface area contributed by atoms with E-state index >= 15 is 0 Å². The molecule has 3 aromatic rings. The first kappa shape index (κ1) is 24.3. The van der Waals surface area contributed by atoms with Gasteiger partial charge >= 0.3 is 0 Å². The summed E-state index contributed by atoms with van der Waals surface area (Å²) in [6.45, 7) is 4.75. The van der Waals surface area contributed by atoms with E-state index in [1.165, 1.54) is 30.2 Å². The Labute approximate surface area is 194 Å². The molecule has 172 valence electrons. The summed E-state index contributed by atoms with van der Waals surface area (Å²) >= 11 is 1.40. The van der Waals surface area contributed by atoms with Crippen LogP contribution in [0.1, 0.15) is 26.7 Å². The van der Waals surface area contributed by atoms with Crippen LogP contribution in [0.25, 0.3) is 11.0 Å². The molecule has 32 heavy (non-hydrogen) atoms. The topological polar surface area (TPSA) is 75.5 Å². The molecule has 0 fully saturated rings. The van der Waals surface area contributed by atoms with Crippen LogP contribution in [-0.4, -0.2) is 54.6 Å². The van der Waals surface area contributed by atoms with Gasteiger partial charge in [0.1, 0.15) is 0 Å². The number of thioether (sulfide) groups is 1. The number of anilines is 1. The Balaban J connectivity index is 1.94. The van der Waals surface area contributed by atoms with E-state index in [9.17, 15) is 13.2 Å². The number of sulfonamides is 1. The van der Waals surface area contributed by atoms with Crippen molar-refractivity contribution >= 4 is 44.4 Å². The lowest BCUT2D eigenvalue weighted by Gasteiger charge is -2.21. The summed E-state index contributed by atoms with van der Waals surface area (Å²) in [4.78, 5) is 19.6. The lowest BCUT2D eigenvalue weighted by Crippen LogP contribution is -2.33. The number of para-hydroxylation sites is 1. The molecular weight excluding hydrogens is 444 g/mol. The van der Waals surface area contributed by atoms with Crippen LogP contribution >= 0.6 is 11.8 Å². The van der Waals surface area contributed by atoms with E-state index in [1.54, 1.807) is 30.1 Å². The Bertz CT molecular complexity index is 1190. The van der Waals surface area contributed by atoms with Gasteiger partial charge in [-0.25, -0.2) is 17.7 Å². The highest BCUT2D eigenvalue weighted by molar-refractivity contribution is 8.00. The molecule has 7 nitrogen and oxygen atoms in total. The third-order valence-corrected chi connectivity index (χ3v) is 8.19. The van der Waals surface area contributed by atoms with Crippen LogP contribution in [0.2, 0.25) is 0 Å². The zero-order valence-electron chi connectivity index (χ0n) is 19.1. The van der Waals surface area contributed by atoms with Gasteiger partial charge in [-0.15, -0.1) is 0 Å². The molecule has 2 aromatic carbocycles. The summed E-state index contributed by atoms with van der Waals surface area (Å²) in [5.41, 5.74) is 2.32. The second kappa shape index (κ2) is 10.1. The van der Waals surface area contributed by atoms with Crippen molar-refractivity contribution in [3.05, 3.63) is 48.5 Å². The second-order valence-electron chi connectivity index (χ2n) is 7.83. The summed E-state index contributed by atoms with van der Waals surface area (Å²) in [7, 11) is 1.24. The van der Waals surface area contributed by atoms with Crippen LogP contribution in [0.15, 0.2) is 58.6 Å². The SMILES string of the molecule is CCCCn1c(SC(C)C(=O)N(C)c2ccccc2)nc2cc(S(=O)(=O)N(C)C)ccc21. The summed E-state index contributed by atoms with van der Waals surface area (Å²) in [5.74, 6) is -0.0221. The average molecular weight is 475 g/mol. The van der Waals surface area contributed by atoms with Gasteiger partial charge in [-0.3, -0.25) is 4.79 Å². The number of carbonyl (C=O) groups is 1. The number of benzene rings is 2. The predicted octanol–water partition coefficient (Wildman–Crippen LogP) is 4.23. The Hall–Kier alpha value is -2.36. The van der Waals surface area contributed by atoms with Gasteiger partial charge in [0.25, 0.3) is 0 Å². The predicted molar refractivity (Wildman–Crippen MR) is 131 cm³/mol. The first-order chi connectivity index (χ1) is 15.2. The first-order valence-corrected chi connectivity index (χ1v) is 12.9. The van der Waals surface area contributed by atoms with E-state index in [-0.39, 0.29) is 16.1 Å². The number of hydrogen-bond acceptors (Lipinski definition) is 5. The Kier molecular flexibility index (Phi) is 7.63. The maximum atomic E-state index is 13.0. The highest BCUT2D eigenvalue weighted by Gasteiger charge is 2.24. The lowest BCUT2D eigenvalue weighted by atomic mass is 10.3. The van der Waals surface area contributed by atoms with Gasteiger partial charge in [0, 0.05) is 33.4 Å². The molecule has 0 saturated carbocycles. The molecule has 0 aliphatic carbocycles. The highest BCUT2D eigenvalue weighted by Crippen LogP contribution is 2.30. The molecule has 3 rings (SSSR count). The third-order valence-electron chi connectivity index (χ3n) is 5.30. The largest absolute Gasteiger partial charge is 0.319 e. The van der Waals surface area contributed by atoms with Gasteiger partial charge in [0.2, 0.25) is 15.9 Å². The normalized spacial score (nSPS) is 12.9. The van der Waals surface area contributed by atoms with E-state index in [2.05, 4.69) is 11.5 Å². The minimum Gasteiger partial charge on any atom is -0.319 e. The Morgan fingerprint density at radius 2 is 1.81 bits per heavy atom. The Morgan fingerprint density at radius 3 is 2.44 bits per heavy atom. The van der Waals surface area contributed by atoms with Crippen LogP contribution < -0.4 is 4.90 Å². The summed E-state index contributed by atoms with van der Waals surface area (Å²) in [5, 5.41) is 0.359. The number of hydrogen-bond donors (Lipinski definition) is 0. The molecule has 1 unspecified atom stereocenters. The van der Waals surface area contributed by atoms with Gasteiger partial charge < -0.3 is 9.47 Å². The number of carbonyl (C=O) groups excluding carboxylic acids is 1. The van der Waals surface area contributed by atoms with Crippen LogP contribution in [0.5, 0.6) is 0 Å². The molecule has 0 radical (unpaired) electrons. The van der Waals surface area contributed by atoms with Gasteiger partial charge in [-0.1, -0.05) is 43.3 Å². The van der Waals surface area contributed by atoms with Crippen molar-refractivity contribution in [2.24, 2.45) is 0 Å². The van der Waals surface area contributed by atoms with Crippen molar-refractivity contribution in [2.75, 3.05) is 26.0 Å². The van der Waals surface area contributed by atoms with Gasteiger partial charge in [0.05, 0.1) is 21.2 Å². The van der Waals surface area contributed by atoms with Crippen molar-refractivity contribution in [3.8, 4) is 0 Å². The quantitative estimate of drug-likeness (QED) is 0.434. The maximum Gasteiger partial charge on any atom is 0.242 e. The van der Waals surface area contributed by atoms with E-state index < -0.39 is 10.0 Å². The van der Waals surface area contributed by atoms with Gasteiger partial charge in [0.15, 0.2) is 5.16 Å². The van der Waals surface area contributed by atoms with E-state index in [4.69, 9.17) is 4.98 Å². The molecule has 1 aromatic heterocycles. The third kappa shape index (κ3) is 5.00. The molecule has 1 atom stereocenters. The zero-order chi connectivity index (χ0) is 23.5. The van der Waals surface area contributed by atoms with Crippen LogP contribution in [0.4, 0.5) is 5.69 Å². The number of unbranched alkanes of at least 4 members (excludes halogenated alkanes) is 1. The van der Waals surface area contributed by atoms with E-state index in [0.717, 1.165) is 35.7 Å². The minimum atomic E-state index is -3.55. The standard InChI is InChI=1S/C23H30N4O3S2/c1-6-7-15-27-21-14-13-19(32(29,30)25(3)4)16-20(21)24-23(27)31-17(2)22(28)26(5)18-11-9-8-10-12-18/h8-14,16-17H,6-7,15H2,1-5H3. The van der Waals surface area contributed by atoms with Gasteiger partial charge in [-0.2, -0.15) is 0 Å². The number of imidazole rings is 1. The molecule has 9 heteroatoms. The van der Waals surface area contributed by atoms with Crippen LogP contribution in [0.3, 0.4) is 0 Å². The first-order valence-electron chi connectivity index (χ1n) is 10.6. The van der Waals surface area contributed by atoms with Crippen molar-refractivity contribution < 1.29 is 13.2 Å². The fourth-order valence-electron chi connectivity index (χ4n) is 3.34. The molecule has 0 bridgehead atoms. The van der Waals surface area contributed by atoms with Crippen molar-refractivity contribution in [2.45, 2.75) is 48.5 Å². The molecule has 0 N–H and O–H groups in total. The molecule has 0 saturated heterocycles. The van der Waals surface area contributed by atoms with Crippen molar-refractivity contribution in [1.82, 2.24) is 13.9 Å². The lowest BCUT2D eigenvalue weighted by molar-refractivity contribution is -0.117. The number of aromatic nitrogens is 2. The molecular formula is C23H30N4O3S2. The smallest absolute Gasteiger partial charge is 0.242 e. The monoisotopic (exact) mass is 474 g/mol. The Morgan fingerprint density at radius 1 is 1.12 bits per heavy atom. The fourth-order valence-corrected chi connectivity index (χ4v) is 5.31. The van der Waals surface area contributed by atoms with Crippen LogP contribution in [0, 0.1) is 0 Å². The second-order valence-corrected chi connectivity index (χ2v) is 11.3. The highest BCUT2D eigenvalue weighted by atomic mass is 32.2. The van der Waals surface area contributed by atoms with Gasteiger partial charge in [-0.05, 0) is 43.7 Å². The minimum absolute atomic E-state index is 0.0221. The molecule has 0 aliphatic heterocycles. The van der Waals surface area contributed by atoms with Crippen molar-refractivity contribution in [3.63, 3.8) is 0 Å². The van der Waals surface area contributed by atoms with Crippen molar-refractivity contribution in [1.29, 1.82) is 0 Å². The molecule has 0 spiro atoms. The number of fused-ring (bicyclic) bond motifs is 1. The maximum absolute atomic E-state index is 13.0. The summed E-state index contributed by atoms with van der Waals surface area (Å²) in [6.07, 6.45) is 1.98. The molecule has 0 aliphatic rings. The number of rotatable bonds is 9. The average Bonchev–Trinajstić information content (AvgIpc) is 3.12. The van der Waals surface area contributed by atoms with Crippen LogP contribution in [-0.2, 0) is 21.4 Å². The zero-order valence-corrected chi connectivity index (χ0v) is 20.8. The number of amides is 1. The molecule has 1 amide bonds.